The fraction of sp³-hybridized carbons (Fsp3) is 0.188. The van der Waals surface area contributed by atoms with Crippen molar-refractivity contribution in [1.29, 1.82) is 0 Å². The fourth-order valence-corrected chi connectivity index (χ4v) is 3.43. The normalized spacial score (nSPS) is 14.8. The number of rotatable bonds is 4. The van der Waals surface area contributed by atoms with Crippen molar-refractivity contribution in [2.24, 2.45) is 4.99 Å². The van der Waals surface area contributed by atoms with Crippen molar-refractivity contribution < 1.29 is 26.3 Å². The second kappa shape index (κ2) is 6.40. The third-order valence-corrected chi connectivity index (χ3v) is 4.82. The van der Waals surface area contributed by atoms with Gasteiger partial charge in [-0.1, -0.05) is 18.2 Å². The first-order valence-corrected chi connectivity index (χ1v) is 8.72. The molecule has 0 radical (unpaired) electrons. The summed E-state index contributed by atoms with van der Waals surface area (Å²) in [6, 6.07) is 9.95. The number of benzene rings is 2. The van der Waals surface area contributed by atoms with Gasteiger partial charge in [0.1, 0.15) is 6.61 Å². The van der Waals surface area contributed by atoms with E-state index in [1.54, 1.807) is 18.2 Å². The van der Waals surface area contributed by atoms with E-state index in [0.717, 1.165) is 18.2 Å². The van der Waals surface area contributed by atoms with Gasteiger partial charge in [0.25, 0.3) is 10.0 Å². The minimum atomic E-state index is -4.63. The van der Waals surface area contributed by atoms with E-state index in [9.17, 15) is 21.6 Å². The van der Waals surface area contributed by atoms with Gasteiger partial charge in [-0.15, -0.1) is 0 Å². The molecule has 0 bridgehead atoms. The molecule has 0 unspecified atom stereocenters. The molecule has 3 rings (SSSR count). The van der Waals surface area contributed by atoms with Gasteiger partial charge in [-0.3, -0.25) is 4.72 Å². The number of ether oxygens (including phenoxy) is 1. The molecule has 0 aliphatic carbocycles. The van der Waals surface area contributed by atoms with Crippen LogP contribution in [0.4, 0.5) is 18.9 Å². The summed E-state index contributed by atoms with van der Waals surface area (Å²) in [7, 11) is -4.21. The molecule has 2 aromatic rings. The molecule has 2 aromatic carbocycles. The first kappa shape index (κ1) is 17.3. The maximum Gasteiger partial charge on any atom is 0.416 e. The van der Waals surface area contributed by atoms with Gasteiger partial charge in [0.2, 0.25) is 5.90 Å². The SMILES string of the molecule is O=S(=O)(Nc1ccccc1C1=NCCO1)c1cccc(C(F)(F)F)c1. The largest absolute Gasteiger partial charge is 0.475 e. The van der Waals surface area contributed by atoms with Crippen LogP contribution in [-0.4, -0.2) is 27.5 Å². The van der Waals surface area contributed by atoms with Crippen LogP contribution in [0.15, 0.2) is 58.4 Å². The molecule has 1 aliphatic heterocycles. The summed E-state index contributed by atoms with van der Waals surface area (Å²) >= 11 is 0. The molecule has 0 fully saturated rings. The summed E-state index contributed by atoms with van der Waals surface area (Å²) in [6.45, 7) is 0.855. The zero-order valence-electron chi connectivity index (χ0n) is 12.7. The van der Waals surface area contributed by atoms with Crippen molar-refractivity contribution in [2.75, 3.05) is 17.9 Å². The molecule has 132 valence electrons. The predicted octanol–water partition coefficient (Wildman–Crippen LogP) is 3.28. The molecular weight excluding hydrogens is 357 g/mol. The van der Waals surface area contributed by atoms with Gasteiger partial charge in [-0.05, 0) is 30.3 Å². The molecule has 1 aliphatic rings. The Balaban J connectivity index is 1.96. The molecule has 0 aromatic heterocycles. The van der Waals surface area contributed by atoms with Gasteiger partial charge in [0.05, 0.1) is 28.3 Å². The Labute approximate surface area is 142 Å². The molecule has 0 amide bonds. The lowest BCUT2D eigenvalue weighted by Gasteiger charge is -2.13. The van der Waals surface area contributed by atoms with Gasteiger partial charge in [0, 0.05) is 0 Å². The second-order valence-electron chi connectivity index (χ2n) is 5.21. The Morgan fingerprint density at radius 1 is 1.08 bits per heavy atom. The number of aliphatic imine (C=N–C) groups is 1. The first-order valence-electron chi connectivity index (χ1n) is 7.24. The quantitative estimate of drug-likeness (QED) is 0.898. The summed E-state index contributed by atoms with van der Waals surface area (Å²) in [4.78, 5) is 3.65. The van der Waals surface area contributed by atoms with Crippen molar-refractivity contribution in [3.63, 3.8) is 0 Å². The minimum absolute atomic E-state index is 0.181. The highest BCUT2D eigenvalue weighted by atomic mass is 32.2. The topological polar surface area (TPSA) is 67.8 Å². The van der Waals surface area contributed by atoms with E-state index in [4.69, 9.17) is 4.74 Å². The summed E-state index contributed by atoms with van der Waals surface area (Å²) in [5.41, 5.74) is -0.428. The van der Waals surface area contributed by atoms with E-state index >= 15 is 0 Å². The van der Waals surface area contributed by atoms with Crippen LogP contribution in [0.3, 0.4) is 0 Å². The van der Waals surface area contributed by atoms with Crippen molar-refractivity contribution in [1.82, 2.24) is 0 Å². The van der Waals surface area contributed by atoms with E-state index in [-0.39, 0.29) is 5.69 Å². The molecule has 0 saturated carbocycles. The van der Waals surface area contributed by atoms with Crippen LogP contribution >= 0.6 is 0 Å². The third kappa shape index (κ3) is 3.76. The number of nitrogens with zero attached hydrogens (tertiary/aromatic N) is 1. The Hall–Kier alpha value is -2.55. The molecule has 9 heteroatoms. The number of sulfonamides is 1. The number of hydrogen-bond acceptors (Lipinski definition) is 4. The lowest BCUT2D eigenvalue weighted by atomic mass is 10.2. The van der Waals surface area contributed by atoms with Crippen molar-refractivity contribution in [3.05, 3.63) is 59.7 Å². The Bertz CT molecular complexity index is 924. The number of nitrogens with one attached hydrogen (secondary N) is 1. The highest BCUT2D eigenvalue weighted by molar-refractivity contribution is 7.92. The summed E-state index contributed by atoms with van der Waals surface area (Å²) in [5.74, 6) is 0.294. The molecular formula is C16H13F3N2O3S. The van der Waals surface area contributed by atoms with E-state index in [0.29, 0.717) is 30.7 Å². The van der Waals surface area contributed by atoms with Gasteiger partial charge in [-0.2, -0.15) is 13.2 Å². The average molecular weight is 370 g/mol. The maximum absolute atomic E-state index is 12.8. The van der Waals surface area contributed by atoms with Crippen LogP contribution in [0, 0.1) is 0 Å². The molecule has 0 saturated heterocycles. The van der Waals surface area contributed by atoms with E-state index in [1.807, 2.05) is 0 Å². The molecule has 25 heavy (non-hydrogen) atoms. The van der Waals surface area contributed by atoms with Crippen LogP contribution in [0.2, 0.25) is 0 Å². The first-order chi connectivity index (χ1) is 11.8. The molecule has 1 N–H and O–H groups in total. The Kier molecular flexibility index (Phi) is 4.42. The van der Waals surface area contributed by atoms with Crippen molar-refractivity contribution >= 4 is 21.6 Å². The second-order valence-corrected chi connectivity index (χ2v) is 6.89. The highest BCUT2D eigenvalue weighted by Gasteiger charge is 2.31. The van der Waals surface area contributed by atoms with Gasteiger partial charge in [0.15, 0.2) is 0 Å². The number of anilines is 1. The average Bonchev–Trinajstić information content (AvgIpc) is 3.09. The van der Waals surface area contributed by atoms with Gasteiger partial charge >= 0.3 is 6.18 Å². The molecule has 5 nitrogen and oxygen atoms in total. The fourth-order valence-electron chi connectivity index (χ4n) is 2.30. The smallest absolute Gasteiger partial charge is 0.416 e. The van der Waals surface area contributed by atoms with Crippen LogP contribution in [0.1, 0.15) is 11.1 Å². The van der Waals surface area contributed by atoms with E-state index in [2.05, 4.69) is 9.71 Å². The van der Waals surface area contributed by atoms with E-state index < -0.39 is 26.7 Å². The number of hydrogen-bond donors (Lipinski definition) is 1. The van der Waals surface area contributed by atoms with Gasteiger partial charge < -0.3 is 4.74 Å². The van der Waals surface area contributed by atoms with Gasteiger partial charge in [-0.25, -0.2) is 13.4 Å². The lowest BCUT2D eigenvalue weighted by molar-refractivity contribution is -0.137. The lowest BCUT2D eigenvalue weighted by Crippen LogP contribution is -2.17. The summed E-state index contributed by atoms with van der Waals surface area (Å²) in [5, 5.41) is 0. The van der Waals surface area contributed by atoms with Crippen molar-refractivity contribution in [2.45, 2.75) is 11.1 Å². The zero-order valence-corrected chi connectivity index (χ0v) is 13.6. The zero-order chi connectivity index (χ0) is 18.1. The molecule has 0 spiro atoms. The predicted molar refractivity (Wildman–Crippen MR) is 86.1 cm³/mol. The monoisotopic (exact) mass is 370 g/mol. The molecule has 0 atom stereocenters. The highest BCUT2D eigenvalue weighted by Crippen LogP contribution is 2.31. The minimum Gasteiger partial charge on any atom is -0.475 e. The van der Waals surface area contributed by atoms with Crippen LogP contribution < -0.4 is 4.72 Å². The van der Waals surface area contributed by atoms with Crippen molar-refractivity contribution in [3.8, 4) is 0 Å². The van der Waals surface area contributed by atoms with E-state index in [1.165, 1.54) is 6.07 Å². The third-order valence-electron chi connectivity index (χ3n) is 3.46. The molecule has 1 heterocycles. The van der Waals surface area contributed by atoms with Crippen LogP contribution in [0.25, 0.3) is 0 Å². The summed E-state index contributed by atoms with van der Waals surface area (Å²) < 4.78 is 71.0. The number of alkyl halides is 3. The number of halogens is 3. The maximum atomic E-state index is 12.8. The van der Waals surface area contributed by atoms with Crippen LogP contribution in [0.5, 0.6) is 0 Å². The number of para-hydroxylation sites is 1. The summed E-state index contributed by atoms with van der Waals surface area (Å²) in [6.07, 6.45) is -4.63. The van der Waals surface area contributed by atoms with Crippen LogP contribution in [-0.2, 0) is 20.9 Å². The Morgan fingerprint density at radius 3 is 2.52 bits per heavy atom. The Morgan fingerprint density at radius 2 is 1.84 bits per heavy atom. The standard InChI is InChI=1S/C16H13F3N2O3S/c17-16(18,19)11-4-3-5-12(10-11)25(22,23)21-14-7-2-1-6-13(14)15-20-8-9-24-15/h1-7,10,21H,8-9H2.